The molecule has 0 saturated carbocycles. The number of piperazine rings is 1. The Kier molecular flexibility index (Phi) is 5.66. The molecule has 2 heterocycles. The van der Waals surface area contributed by atoms with Crippen LogP contribution in [0.1, 0.15) is 6.92 Å². The third-order valence-electron chi connectivity index (χ3n) is 4.17. The molecule has 0 bridgehead atoms. The smallest absolute Gasteiger partial charge is 0.274 e. The number of benzene rings is 1. The highest BCUT2D eigenvalue weighted by Crippen LogP contribution is 2.28. The molecule has 1 aliphatic heterocycles. The van der Waals surface area contributed by atoms with Gasteiger partial charge >= 0.3 is 0 Å². The standard InChI is InChI=1S/C18H19Cl2N3O2/c1-13(25-16-6-5-14(19)12-15(16)20)18(24)23-10-8-22(9-11-23)17-4-2-3-7-21-17/h2-7,12-13H,8-11H2,1H3/p+1/t13-/m1/s1. The number of H-pyrrole nitrogens is 1. The van der Waals surface area contributed by atoms with Crippen LogP contribution < -0.4 is 14.6 Å². The van der Waals surface area contributed by atoms with Gasteiger partial charge in [0.2, 0.25) is 0 Å². The number of anilines is 1. The van der Waals surface area contributed by atoms with E-state index in [1.54, 1.807) is 25.1 Å². The molecular weight excluding hydrogens is 361 g/mol. The number of ether oxygens (including phenoxy) is 1. The highest BCUT2D eigenvalue weighted by molar-refractivity contribution is 6.35. The van der Waals surface area contributed by atoms with Crippen LogP contribution in [0.15, 0.2) is 42.6 Å². The summed E-state index contributed by atoms with van der Waals surface area (Å²) in [6.45, 7) is 4.61. The first-order valence-electron chi connectivity index (χ1n) is 8.17. The van der Waals surface area contributed by atoms with Crippen molar-refractivity contribution >= 4 is 34.9 Å². The van der Waals surface area contributed by atoms with Gasteiger partial charge in [0.05, 0.1) is 24.3 Å². The minimum atomic E-state index is -0.603. The third-order valence-corrected chi connectivity index (χ3v) is 4.70. The van der Waals surface area contributed by atoms with Crippen molar-refractivity contribution in [1.29, 1.82) is 0 Å². The van der Waals surface area contributed by atoms with Gasteiger partial charge in [0, 0.05) is 11.1 Å². The molecule has 1 fully saturated rings. The lowest BCUT2D eigenvalue weighted by Crippen LogP contribution is -2.52. The van der Waals surface area contributed by atoms with Crippen LogP contribution in [-0.4, -0.2) is 43.1 Å². The second-order valence-corrected chi connectivity index (χ2v) is 6.74. The zero-order valence-electron chi connectivity index (χ0n) is 13.9. The van der Waals surface area contributed by atoms with E-state index in [1.807, 2.05) is 29.3 Å². The first-order chi connectivity index (χ1) is 12.0. The van der Waals surface area contributed by atoms with Gasteiger partial charge in [-0.05, 0) is 31.2 Å². The van der Waals surface area contributed by atoms with Crippen LogP contribution in [0.4, 0.5) is 5.82 Å². The Morgan fingerprint density at radius 3 is 2.56 bits per heavy atom. The van der Waals surface area contributed by atoms with Gasteiger partial charge in [-0.1, -0.05) is 29.3 Å². The number of halogens is 2. The Hall–Kier alpha value is -1.98. The van der Waals surface area contributed by atoms with E-state index < -0.39 is 6.10 Å². The molecule has 1 saturated heterocycles. The number of aromatic nitrogens is 1. The van der Waals surface area contributed by atoms with Crippen molar-refractivity contribution in [2.24, 2.45) is 0 Å². The Morgan fingerprint density at radius 2 is 1.92 bits per heavy atom. The number of aromatic amines is 1. The number of amides is 1. The lowest BCUT2D eigenvalue weighted by atomic mass is 10.2. The van der Waals surface area contributed by atoms with Crippen LogP contribution in [0, 0.1) is 0 Å². The molecule has 3 rings (SSSR count). The summed E-state index contributed by atoms with van der Waals surface area (Å²) >= 11 is 12.0. The van der Waals surface area contributed by atoms with E-state index in [-0.39, 0.29) is 5.91 Å². The number of carbonyl (C=O) groups is 1. The van der Waals surface area contributed by atoms with Crippen LogP contribution in [0.2, 0.25) is 10.0 Å². The molecule has 132 valence electrons. The predicted molar refractivity (Wildman–Crippen MR) is 98.3 cm³/mol. The average molecular weight is 381 g/mol. The van der Waals surface area contributed by atoms with E-state index in [4.69, 9.17) is 27.9 Å². The molecule has 0 unspecified atom stereocenters. The molecule has 1 aliphatic rings. The maximum Gasteiger partial charge on any atom is 0.274 e. The van der Waals surface area contributed by atoms with Crippen molar-refractivity contribution in [3.63, 3.8) is 0 Å². The summed E-state index contributed by atoms with van der Waals surface area (Å²) in [5.74, 6) is 1.49. The van der Waals surface area contributed by atoms with E-state index in [1.165, 1.54) is 0 Å². The fourth-order valence-corrected chi connectivity index (χ4v) is 3.27. The predicted octanol–water partition coefficient (Wildman–Crippen LogP) is 2.92. The van der Waals surface area contributed by atoms with Crippen molar-refractivity contribution in [2.75, 3.05) is 31.1 Å². The molecule has 7 heteroatoms. The van der Waals surface area contributed by atoms with E-state index in [9.17, 15) is 4.79 Å². The maximum absolute atomic E-state index is 12.6. The van der Waals surface area contributed by atoms with Crippen molar-refractivity contribution in [1.82, 2.24) is 4.90 Å². The number of pyridine rings is 1. The molecule has 2 aromatic rings. The second-order valence-electron chi connectivity index (χ2n) is 5.89. The monoisotopic (exact) mass is 380 g/mol. The summed E-state index contributed by atoms with van der Waals surface area (Å²) in [6.07, 6.45) is 1.30. The summed E-state index contributed by atoms with van der Waals surface area (Å²) in [6, 6.07) is 10.9. The number of hydrogen-bond acceptors (Lipinski definition) is 3. The molecule has 0 spiro atoms. The summed E-state index contributed by atoms with van der Waals surface area (Å²) in [4.78, 5) is 19.9. The molecule has 0 aliphatic carbocycles. The van der Waals surface area contributed by atoms with Crippen molar-refractivity contribution in [3.8, 4) is 5.75 Å². The first-order valence-corrected chi connectivity index (χ1v) is 8.92. The molecule has 5 nitrogen and oxygen atoms in total. The van der Waals surface area contributed by atoms with Crippen LogP contribution in [0.5, 0.6) is 5.75 Å². The van der Waals surface area contributed by atoms with Crippen LogP contribution >= 0.6 is 23.2 Å². The third kappa shape index (κ3) is 4.35. The second kappa shape index (κ2) is 7.93. The van der Waals surface area contributed by atoms with Gasteiger partial charge in [-0.25, -0.2) is 4.98 Å². The van der Waals surface area contributed by atoms with Gasteiger partial charge in [-0.2, -0.15) is 0 Å². The Balaban J connectivity index is 1.56. The van der Waals surface area contributed by atoms with Gasteiger partial charge in [0.15, 0.2) is 6.10 Å². The number of nitrogens with one attached hydrogen (secondary N) is 1. The van der Waals surface area contributed by atoms with Gasteiger partial charge in [-0.15, -0.1) is 0 Å². The zero-order valence-corrected chi connectivity index (χ0v) is 15.4. The Bertz CT molecular complexity index is 734. The first kappa shape index (κ1) is 17.8. The van der Waals surface area contributed by atoms with Crippen LogP contribution in [0.25, 0.3) is 0 Å². The van der Waals surface area contributed by atoms with E-state index in [0.717, 1.165) is 18.9 Å². The Morgan fingerprint density at radius 1 is 1.16 bits per heavy atom. The van der Waals surface area contributed by atoms with Crippen molar-refractivity contribution in [3.05, 3.63) is 52.6 Å². The molecular formula is C18H20Cl2N3O2+. The molecule has 1 N–H and O–H groups in total. The molecule has 1 atom stereocenters. The van der Waals surface area contributed by atoms with Crippen LogP contribution in [0.3, 0.4) is 0 Å². The van der Waals surface area contributed by atoms with Gasteiger partial charge in [-0.3, -0.25) is 9.69 Å². The van der Waals surface area contributed by atoms with Crippen LogP contribution in [-0.2, 0) is 4.79 Å². The topological polar surface area (TPSA) is 46.9 Å². The lowest BCUT2D eigenvalue weighted by Gasteiger charge is -2.32. The summed E-state index contributed by atoms with van der Waals surface area (Å²) < 4.78 is 5.73. The fraction of sp³-hybridized carbons (Fsp3) is 0.333. The molecule has 0 radical (unpaired) electrons. The lowest BCUT2D eigenvalue weighted by molar-refractivity contribution is -0.364. The largest absolute Gasteiger partial charge is 0.479 e. The summed E-state index contributed by atoms with van der Waals surface area (Å²) in [7, 11) is 0. The minimum Gasteiger partial charge on any atom is -0.479 e. The van der Waals surface area contributed by atoms with E-state index in [0.29, 0.717) is 28.9 Å². The van der Waals surface area contributed by atoms with Crippen molar-refractivity contribution in [2.45, 2.75) is 13.0 Å². The normalized spacial score (nSPS) is 15.8. The highest BCUT2D eigenvalue weighted by Gasteiger charge is 2.29. The number of hydrogen-bond donors (Lipinski definition) is 0. The quantitative estimate of drug-likeness (QED) is 0.818. The average Bonchev–Trinajstić information content (AvgIpc) is 2.64. The number of nitrogens with zero attached hydrogens (tertiary/aromatic N) is 2. The maximum atomic E-state index is 12.6. The van der Waals surface area contributed by atoms with E-state index >= 15 is 0 Å². The van der Waals surface area contributed by atoms with Gasteiger partial charge < -0.3 is 9.64 Å². The molecule has 1 amide bonds. The number of carbonyl (C=O) groups excluding carboxylic acids is 1. The number of rotatable bonds is 4. The minimum absolute atomic E-state index is 0.0392. The highest BCUT2D eigenvalue weighted by atomic mass is 35.5. The Labute approximate surface area is 157 Å². The molecule has 1 aromatic heterocycles. The SMILES string of the molecule is C[C@@H](Oc1ccc(Cl)cc1Cl)C(=O)N1CCN(c2cccc[nH+]2)CC1. The summed E-state index contributed by atoms with van der Waals surface area (Å²) in [5.41, 5.74) is 0. The molecule has 1 aromatic carbocycles. The zero-order chi connectivity index (χ0) is 17.8. The van der Waals surface area contributed by atoms with Gasteiger partial charge in [0.1, 0.15) is 18.8 Å². The summed E-state index contributed by atoms with van der Waals surface area (Å²) in [5, 5.41) is 0.932. The van der Waals surface area contributed by atoms with Crippen molar-refractivity contribution < 1.29 is 14.5 Å². The molecule has 25 heavy (non-hydrogen) atoms. The fourth-order valence-electron chi connectivity index (χ4n) is 2.82. The van der Waals surface area contributed by atoms with E-state index in [2.05, 4.69) is 9.88 Å². The van der Waals surface area contributed by atoms with Gasteiger partial charge in [0.25, 0.3) is 11.7 Å².